The van der Waals surface area contributed by atoms with Crippen LogP contribution in [0.4, 0.5) is 4.79 Å². The van der Waals surface area contributed by atoms with E-state index in [1.165, 1.54) is 5.56 Å². The number of carbonyl (C=O) groups excluding carboxylic acids is 2. The molecule has 7 heteroatoms. The molecule has 2 N–H and O–H groups in total. The standard InChI is InChI=1S/C27H41N3O3S/c1-19(2)18-23(29-26(32)33-27(4,5)6)15-14-22(13-12-21-10-8-7-9-11-21)24(31)30-25-28-17-16-20(3)34-25/h7-11,14-15,19-20,22-23H,12-13,16-18H2,1-6H3,(H,29,32)(H,28,30,31)/b15-14+/t20?,22-,23+/m0/s1. The number of hydrogen-bond acceptors (Lipinski definition) is 5. The van der Waals surface area contributed by atoms with E-state index in [4.69, 9.17) is 4.74 Å². The van der Waals surface area contributed by atoms with E-state index in [2.05, 4.69) is 48.5 Å². The number of benzene rings is 1. The molecule has 0 bridgehead atoms. The Balaban J connectivity index is 2.14. The van der Waals surface area contributed by atoms with Gasteiger partial charge in [0, 0.05) is 11.8 Å². The highest BCUT2D eigenvalue weighted by Gasteiger charge is 2.22. The third-order valence-electron chi connectivity index (χ3n) is 5.26. The van der Waals surface area contributed by atoms with Crippen LogP contribution >= 0.6 is 11.8 Å². The van der Waals surface area contributed by atoms with Crippen molar-refractivity contribution in [1.82, 2.24) is 10.6 Å². The fraction of sp³-hybridized carbons (Fsp3) is 0.593. The lowest BCUT2D eigenvalue weighted by Crippen LogP contribution is -2.39. The molecule has 3 atom stereocenters. The van der Waals surface area contributed by atoms with E-state index in [-0.39, 0.29) is 17.9 Å². The Morgan fingerprint density at radius 1 is 1.21 bits per heavy atom. The highest BCUT2D eigenvalue weighted by Crippen LogP contribution is 2.21. The molecule has 0 aromatic heterocycles. The number of aliphatic imine (C=N–C) groups is 1. The van der Waals surface area contributed by atoms with Crippen LogP contribution in [0.25, 0.3) is 0 Å². The monoisotopic (exact) mass is 487 g/mol. The van der Waals surface area contributed by atoms with E-state index in [1.807, 2.05) is 51.1 Å². The Hall–Kier alpha value is -2.28. The fourth-order valence-electron chi connectivity index (χ4n) is 3.60. The average molecular weight is 488 g/mol. The molecule has 0 fully saturated rings. The average Bonchev–Trinajstić information content (AvgIpc) is 2.72. The van der Waals surface area contributed by atoms with Crippen LogP contribution in [0.2, 0.25) is 0 Å². The van der Waals surface area contributed by atoms with Gasteiger partial charge in [-0.15, -0.1) is 0 Å². The third kappa shape index (κ3) is 11.2. The molecule has 2 rings (SSSR count). The Morgan fingerprint density at radius 2 is 1.91 bits per heavy atom. The van der Waals surface area contributed by atoms with Crippen molar-refractivity contribution in [2.75, 3.05) is 6.54 Å². The molecule has 1 unspecified atom stereocenters. The van der Waals surface area contributed by atoms with Crippen molar-refractivity contribution in [2.24, 2.45) is 16.8 Å². The zero-order valence-electron chi connectivity index (χ0n) is 21.5. The van der Waals surface area contributed by atoms with Gasteiger partial charge in [0.05, 0.1) is 12.0 Å². The van der Waals surface area contributed by atoms with Crippen LogP contribution in [-0.2, 0) is 16.0 Å². The molecule has 34 heavy (non-hydrogen) atoms. The van der Waals surface area contributed by atoms with Gasteiger partial charge in [0.25, 0.3) is 0 Å². The normalized spacial score (nSPS) is 18.3. The molecule has 0 aliphatic carbocycles. The van der Waals surface area contributed by atoms with E-state index in [9.17, 15) is 9.59 Å². The van der Waals surface area contributed by atoms with Gasteiger partial charge in [0.2, 0.25) is 5.91 Å². The minimum atomic E-state index is -0.566. The molecule has 0 spiro atoms. The van der Waals surface area contributed by atoms with Gasteiger partial charge in [-0.05, 0) is 57.9 Å². The Kier molecular flexibility index (Phi) is 11.2. The summed E-state index contributed by atoms with van der Waals surface area (Å²) < 4.78 is 5.44. The number of aryl methyl sites for hydroxylation is 1. The maximum atomic E-state index is 13.2. The first-order chi connectivity index (χ1) is 16.0. The number of rotatable bonds is 9. The third-order valence-corrected chi connectivity index (χ3v) is 6.35. The highest BCUT2D eigenvalue weighted by molar-refractivity contribution is 8.14. The van der Waals surface area contributed by atoms with Gasteiger partial charge in [-0.2, -0.15) is 0 Å². The number of amides is 2. The molecular weight excluding hydrogens is 446 g/mol. The molecule has 188 valence electrons. The van der Waals surface area contributed by atoms with Crippen molar-refractivity contribution in [1.29, 1.82) is 0 Å². The van der Waals surface area contributed by atoms with E-state index in [0.29, 0.717) is 22.8 Å². The van der Waals surface area contributed by atoms with Crippen molar-refractivity contribution < 1.29 is 14.3 Å². The summed E-state index contributed by atoms with van der Waals surface area (Å²) in [5, 5.41) is 7.13. The summed E-state index contributed by atoms with van der Waals surface area (Å²) >= 11 is 1.61. The largest absolute Gasteiger partial charge is 0.444 e. The second-order valence-corrected chi connectivity index (χ2v) is 11.7. The number of hydrogen-bond donors (Lipinski definition) is 2. The predicted octanol–water partition coefficient (Wildman–Crippen LogP) is 5.73. The molecular formula is C27H41N3O3S. The second-order valence-electron chi connectivity index (χ2n) is 10.3. The first-order valence-electron chi connectivity index (χ1n) is 12.3. The van der Waals surface area contributed by atoms with Gasteiger partial charge < -0.3 is 15.4 Å². The van der Waals surface area contributed by atoms with Crippen molar-refractivity contribution >= 4 is 28.9 Å². The van der Waals surface area contributed by atoms with Crippen molar-refractivity contribution in [3.05, 3.63) is 48.0 Å². The number of amidine groups is 1. The maximum Gasteiger partial charge on any atom is 0.408 e. The van der Waals surface area contributed by atoms with Crippen LogP contribution in [0.3, 0.4) is 0 Å². The fourth-order valence-corrected chi connectivity index (χ4v) is 4.53. The summed E-state index contributed by atoms with van der Waals surface area (Å²) in [6, 6.07) is 9.95. The molecule has 0 radical (unpaired) electrons. The maximum absolute atomic E-state index is 13.2. The SMILES string of the molecule is CC(C)C[C@@H](/C=C/[C@H](CCc1ccccc1)C(=O)NC1=NCCC(C)S1)NC(=O)OC(C)(C)C. The van der Waals surface area contributed by atoms with Crippen LogP contribution in [0.1, 0.15) is 66.4 Å². The lowest BCUT2D eigenvalue weighted by atomic mass is 9.96. The van der Waals surface area contributed by atoms with E-state index in [0.717, 1.165) is 25.8 Å². The van der Waals surface area contributed by atoms with Gasteiger partial charge in [-0.1, -0.05) is 75.0 Å². The topological polar surface area (TPSA) is 79.8 Å². The van der Waals surface area contributed by atoms with Crippen LogP contribution in [0.5, 0.6) is 0 Å². The number of ether oxygens (including phenoxy) is 1. The van der Waals surface area contributed by atoms with Crippen LogP contribution in [0, 0.1) is 11.8 Å². The van der Waals surface area contributed by atoms with Gasteiger partial charge in [-0.25, -0.2) is 4.79 Å². The molecule has 1 aliphatic rings. The van der Waals surface area contributed by atoms with Gasteiger partial charge in [0.15, 0.2) is 5.17 Å². The predicted molar refractivity (Wildman–Crippen MR) is 142 cm³/mol. The first kappa shape index (κ1) is 28.0. The van der Waals surface area contributed by atoms with E-state index in [1.54, 1.807) is 11.8 Å². The molecule has 1 aromatic carbocycles. The van der Waals surface area contributed by atoms with Crippen molar-refractivity contribution in [2.45, 2.75) is 84.1 Å². The number of nitrogens with one attached hydrogen (secondary N) is 2. The summed E-state index contributed by atoms with van der Waals surface area (Å²) in [7, 11) is 0. The quantitative estimate of drug-likeness (QED) is 0.436. The van der Waals surface area contributed by atoms with Crippen molar-refractivity contribution in [3.63, 3.8) is 0 Å². The number of thioether (sulfide) groups is 1. The second kappa shape index (κ2) is 13.6. The zero-order valence-corrected chi connectivity index (χ0v) is 22.3. The molecule has 0 saturated heterocycles. The first-order valence-corrected chi connectivity index (χ1v) is 13.1. The molecule has 2 amide bonds. The smallest absolute Gasteiger partial charge is 0.408 e. The number of alkyl carbamates (subject to hydrolysis) is 1. The summed E-state index contributed by atoms with van der Waals surface area (Å²) in [4.78, 5) is 30.1. The summed E-state index contributed by atoms with van der Waals surface area (Å²) in [6.07, 6.45) is 6.65. The van der Waals surface area contributed by atoms with Crippen molar-refractivity contribution in [3.8, 4) is 0 Å². The summed E-state index contributed by atoms with van der Waals surface area (Å²) in [6.45, 7) is 12.6. The summed E-state index contributed by atoms with van der Waals surface area (Å²) in [5.41, 5.74) is 0.626. The Bertz CT molecular complexity index is 846. The molecule has 1 aromatic rings. The molecule has 0 saturated carbocycles. The zero-order chi connectivity index (χ0) is 25.1. The number of carbonyl (C=O) groups is 2. The van der Waals surface area contributed by atoms with E-state index < -0.39 is 11.7 Å². The highest BCUT2D eigenvalue weighted by atomic mass is 32.2. The molecule has 1 heterocycles. The van der Waals surface area contributed by atoms with Crippen LogP contribution < -0.4 is 10.6 Å². The van der Waals surface area contributed by atoms with Crippen LogP contribution in [-0.4, -0.2) is 40.6 Å². The van der Waals surface area contributed by atoms with Gasteiger partial charge in [0.1, 0.15) is 5.60 Å². The van der Waals surface area contributed by atoms with Gasteiger partial charge in [-0.3, -0.25) is 9.79 Å². The lowest BCUT2D eigenvalue weighted by Gasteiger charge is -2.23. The Morgan fingerprint density at radius 3 is 2.53 bits per heavy atom. The minimum Gasteiger partial charge on any atom is -0.444 e. The van der Waals surface area contributed by atoms with Gasteiger partial charge >= 0.3 is 6.09 Å². The van der Waals surface area contributed by atoms with E-state index >= 15 is 0 Å². The summed E-state index contributed by atoms with van der Waals surface area (Å²) in [5.74, 6) is -0.0282. The lowest BCUT2D eigenvalue weighted by molar-refractivity contribution is -0.122. The minimum absolute atomic E-state index is 0.0619. The Labute approximate surface area is 209 Å². The molecule has 1 aliphatic heterocycles. The number of nitrogens with zero attached hydrogens (tertiary/aromatic N) is 1. The molecule has 6 nitrogen and oxygen atoms in total. The van der Waals surface area contributed by atoms with Crippen LogP contribution in [0.15, 0.2) is 47.5 Å².